The van der Waals surface area contributed by atoms with Crippen molar-refractivity contribution in [3.05, 3.63) is 57.8 Å². The molecule has 0 bridgehead atoms. The zero-order chi connectivity index (χ0) is 20.4. The van der Waals surface area contributed by atoms with E-state index in [9.17, 15) is 14.3 Å². The number of carboxylic acids is 1. The number of ether oxygens (including phenoxy) is 1. The van der Waals surface area contributed by atoms with E-state index in [1.54, 1.807) is 23.5 Å². The van der Waals surface area contributed by atoms with Crippen LogP contribution in [0.2, 0.25) is 0 Å². The Balaban J connectivity index is 1.90. The molecule has 0 aliphatic rings. The third-order valence-electron chi connectivity index (χ3n) is 4.22. The van der Waals surface area contributed by atoms with E-state index in [1.807, 2.05) is 12.1 Å². The van der Waals surface area contributed by atoms with Crippen LogP contribution in [0.15, 0.2) is 30.3 Å². The fraction of sp³-hybridized carbons (Fsp3) is 0.250. The zero-order valence-electron chi connectivity index (χ0n) is 15.5. The van der Waals surface area contributed by atoms with E-state index in [4.69, 9.17) is 4.74 Å². The minimum absolute atomic E-state index is 0.249. The van der Waals surface area contributed by atoms with E-state index in [0.29, 0.717) is 28.3 Å². The second-order valence-corrected chi connectivity index (χ2v) is 8.08. The summed E-state index contributed by atoms with van der Waals surface area (Å²) in [7, 11) is 0. The van der Waals surface area contributed by atoms with Crippen LogP contribution in [-0.2, 0) is 5.33 Å². The van der Waals surface area contributed by atoms with E-state index in [1.165, 1.54) is 13.0 Å². The average molecular weight is 465 g/mol. The van der Waals surface area contributed by atoms with Gasteiger partial charge >= 0.3 is 5.97 Å². The molecule has 2 aromatic carbocycles. The maximum Gasteiger partial charge on any atom is 0.338 e. The third kappa shape index (κ3) is 4.07. The van der Waals surface area contributed by atoms with E-state index in [0.717, 1.165) is 15.6 Å². The second kappa shape index (κ2) is 8.36. The Kier molecular flexibility index (Phi) is 6.10. The van der Waals surface area contributed by atoms with Crippen molar-refractivity contribution in [2.45, 2.75) is 32.0 Å². The van der Waals surface area contributed by atoms with E-state index in [2.05, 4.69) is 40.0 Å². The highest BCUT2D eigenvalue weighted by molar-refractivity contribution is 9.08. The monoisotopic (exact) mass is 464 g/mol. The molecule has 0 fully saturated rings. The number of aromatic carboxylic acids is 1. The maximum atomic E-state index is 14.2. The number of rotatable bonds is 6. The molecule has 0 amide bonds. The van der Waals surface area contributed by atoms with Crippen LogP contribution in [0.5, 0.6) is 11.5 Å². The first-order chi connectivity index (χ1) is 13.3. The highest BCUT2D eigenvalue weighted by Crippen LogP contribution is 2.34. The first-order valence-corrected chi connectivity index (χ1v) is 10.5. The molecular formula is C20H18BrFN2O3S. The van der Waals surface area contributed by atoms with Crippen molar-refractivity contribution < 1.29 is 19.0 Å². The maximum absolute atomic E-state index is 14.2. The lowest BCUT2D eigenvalue weighted by Crippen LogP contribution is -2.06. The smallest absolute Gasteiger partial charge is 0.338 e. The number of aromatic nitrogens is 2. The Bertz CT molecular complexity index is 1020. The number of carboxylic acid groups (broad SMARTS) is 1. The van der Waals surface area contributed by atoms with Crippen molar-refractivity contribution in [1.29, 1.82) is 0 Å². The Labute approximate surface area is 174 Å². The van der Waals surface area contributed by atoms with E-state index < -0.39 is 17.3 Å². The fourth-order valence-corrected chi connectivity index (χ4v) is 4.14. The Morgan fingerprint density at radius 3 is 2.50 bits per heavy atom. The lowest BCUT2D eigenvalue weighted by atomic mass is 10.0. The van der Waals surface area contributed by atoms with E-state index in [-0.39, 0.29) is 5.56 Å². The van der Waals surface area contributed by atoms with Crippen molar-refractivity contribution >= 4 is 33.2 Å². The molecule has 0 spiro atoms. The van der Waals surface area contributed by atoms with Crippen molar-refractivity contribution in [2.24, 2.45) is 0 Å². The molecule has 0 saturated heterocycles. The summed E-state index contributed by atoms with van der Waals surface area (Å²) in [4.78, 5) is 11.3. The molecular weight excluding hydrogens is 447 g/mol. The van der Waals surface area contributed by atoms with Gasteiger partial charge < -0.3 is 9.84 Å². The van der Waals surface area contributed by atoms with Crippen LogP contribution in [0.25, 0.3) is 10.6 Å². The Hall–Kier alpha value is -2.32. The van der Waals surface area contributed by atoms with Gasteiger partial charge in [-0.3, -0.25) is 0 Å². The zero-order valence-corrected chi connectivity index (χ0v) is 17.9. The molecule has 0 atom stereocenters. The molecule has 3 aromatic rings. The summed E-state index contributed by atoms with van der Waals surface area (Å²) in [5.41, 5.74) is 1.32. The summed E-state index contributed by atoms with van der Waals surface area (Å²) in [6.07, 6.45) is 0. The number of alkyl halides is 1. The van der Waals surface area contributed by atoms with Crippen LogP contribution in [-0.4, -0.2) is 21.3 Å². The number of benzene rings is 2. The fourth-order valence-electron chi connectivity index (χ4n) is 2.59. The van der Waals surface area contributed by atoms with Crippen LogP contribution in [0, 0.1) is 12.7 Å². The van der Waals surface area contributed by atoms with Gasteiger partial charge in [0.15, 0.2) is 0 Å². The summed E-state index contributed by atoms with van der Waals surface area (Å²) in [6.45, 7) is 5.67. The van der Waals surface area contributed by atoms with Gasteiger partial charge in [-0.05, 0) is 42.8 Å². The first-order valence-electron chi connectivity index (χ1n) is 8.54. The summed E-state index contributed by atoms with van der Waals surface area (Å²) >= 11 is 4.86. The van der Waals surface area contributed by atoms with Crippen molar-refractivity contribution in [1.82, 2.24) is 10.2 Å². The lowest BCUT2D eigenvalue weighted by Gasteiger charge is -2.14. The van der Waals surface area contributed by atoms with Crippen molar-refractivity contribution in [3.63, 3.8) is 0 Å². The van der Waals surface area contributed by atoms with Crippen LogP contribution in [0.4, 0.5) is 4.39 Å². The number of halogens is 2. The van der Waals surface area contributed by atoms with Crippen molar-refractivity contribution in [2.75, 3.05) is 0 Å². The number of nitrogens with zero attached hydrogens (tertiary/aromatic N) is 2. The molecule has 3 rings (SSSR count). The van der Waals surface area contributed by atoms with Crippen LogP contribution >= 0.6 is 27.3 Å². The normalized spacial score (nSPS) is 11.1. The molecule has 5 nitrogen and oxygen atoms in total. The molecule has 0 saturated carbocycles. The molecule has 1 N–H and O–H groups in total. The second-order valence-electron chi connectivity index (χ2n) is 6.51. The number of hydrogen-bond donors (Lipinski definition) is 1. The average Bonchev–Trinajstić information content (AvgIpc) is 3.15. The molecule has 0 radical (unpaired) electrons. The summed E-state index contributed by atoms with van der Waals surface area (Å²) in [6, 6.07) is 8.48. The van der Waals surface area contributed by atoms with Gasteiger partial charge in [0.1, 0.15) is 27.3 Å². The first kappa shape index (κ1) is 20.4. The minimum Gasteiger partial charge on any atom is -0.478 e. The largest absolute Gasteiger partial charge is 0.478 e. The third-order valence-corrected chi connectivity index (χ3v) is 6.05. The van der Waals surface area contributed by atoms with Gasteiger partial charge in [-0.2, -0.15) is 0 Å². The standard InChI is InChI=1S/C20H18BrFN2O3S/c1-10(2)18-23-24-19(28-18)12-4-6-13(7-5-12)27-16-8-14(20(25)26)17(22)11(3)15(16)9-21/h4-8,10H,9H2,1-3H3,(H,25,26). The number of carbonyl (C=O) groups is 1. The molecule has 8 heteroatoms. The van der Waals surface area contributed by atoms with Gasteiger partial charge in [0, 0.05) is 22.4 Å². The van der Waals surface area contributed by atoms with Crippen molar-refractivity contribution in [3.8, 4) is 22.1 Å². The molecule has 28 heavy (non-hydrogen) atoms. The Morgan fingerprint density at radius 2 is 1.96 bits per heavy atom. The highest BCUT2D eigenvalue weighted by atomic mass is 79.9. The summed E-state index contributed by atoms with van der Waals surface area (Å²) in [5.74, 6) is -0.941. The molecule has 0 unspecified atom stereocenters. The molecule has 0 aliphatic carbocycles. The van der Waals surface area contributed by atoms with Crippen LogP contribution in [0.3, 0.4) is 0 Å². The highest BCUT2D eigenvalue weighted by Gasteiger charge is 2.20. The molecule has 1 aromatic heterocycles. The van der Waals surface area contributed by atoms with Crippen LogP contribution in [0.1, 0.15) is 46.3 Å². The van der Waals surface area contributed by atoms with Gasteiger partial charge in [0.25, 0.3) is 0 Å². The lowest BCUT2D eigenvalue weighted by molar-refractivity contribution is 0.0691. The Morgan fingerprint density at radius 1 is 1.29 bits per heavy atom. The molecule has 146 valence electrons. The van der Waals surface area contributed by atoms with Gasteiger partial charge in [-0.15, -0.1) is 10.2 Å². The van der Waals surface area contributed by atoms with Gasteiger partial charge in [0.05, 0.1) is 5.56 Å². The van der Waals surface area contributed by atoms with Gasteiger partial charge in [-0.25, -0.2) is 9.18 Å². The van der Waals surface area contributed by atoms with Crippen LogP contribution < -0.4 is 4.74 Å². The topological polar surface area (TPSA) is 72.3 Å². The number of hydrogen-bond acceptors (Lipinski definition) is 5. The SMILES string of the molecule is Cc1c(F)c(C(=O)O)cc(Oc2ccc(-c3nnc(C(C)C)s3)cc2)c1CBr. The molecule has 1 heterocycles. The summed E-state index contributed by atoms with van der Waals surface area (Å²) in [5, 5.41) is 19.8. The van der Waals surface area contributed by atoms with Gasteiger partial charge in [0.2, 0.25) is 0 Å². The quantitative estimate of drug-likeness (QED) is 0.442. The van der Waals surface area contributed by atoms with Gasteiger partial charge in [-0.1, -0.05) is 41.1 Å². The summed E-state index contributed by atoms with van der Waals surface area (Å²) < 4.78 is 20.1. The predicted molar refractivity (Wildman–Crippen MR) is 110 cm³/mol. The predicted octanol–water partition coefficient (Wildman–Crippen LogP) is 6.16. The minimum atomic E-state index is -1.33. The van der Waals surface area contributed by atoms with E-state index >= 15 is 0 Å². The molecule has 0 aliphatic heterocycles.